The van der Waals surface area contributed by atoms with Crippen LogP contribution >= 0.6 is 11.6 Å². The highest BCUT2D eigenvalue weighted by molar-refractivity contribution is 6.36. The monoisotopic (exact) mass is 634 g/mol. The standard InChI is InChI=1S/C34H40ClFN6O3/c1-23(36)33(43)41-18-16-40(17-19-41)32-27-10-15-42(30-7-3-5-24-4-2-6-28(35)31(24)30)22-29(27)37-34(38-32)45-26-8-13-39(14-9-26)25-11-20-44-21-12-25/h2-7,25-26H,1,8-22H2. The second-order valence-electron chi connectivity index (χ2n) is 12.4. The Balaban J connectivity index is 1.14. The van der Waals surface area contributed by atoms with Gasteiger partial charge in [0.05, 0.1) is 17.3 Å². The third kappa shape index (κ3) is 6.33. The molecule has 0 aliphatic carbocycles. The number of carbonyl (C=O) groups excluding carboxylic acids is 1. The molecular formula is C34H40ClFN6O3. The Kier molecular flexibility index (Phi) is 8.79. The molecule has 2 aromatic carbocycles. The van der Waals surface area contributed by atoms with E-state index >= 15 is 0 Å². The van der Waals surface area contributed by atoms with Gasteiger partial charge in [0.25, 0.3) is 5.91 Å². The van der Waals surface area contributed by atoms with Gasteiger partial charge in [0.2, 0.25) is 0 Å². The average Bonchev–Trinajstić information content (AvgIpc) is 3.08. The molecule has 0 atom stereocenters. The second kappa shape index (κ2) is 13.1. The Morgan fingerprint density at radius 1 is 0.933 bits per heavy atom. The molecule has 4 aliphatic rings. The van der Waals surface area contributed by atoms with Crippen LogP contribution in [0.5, 0.6) is 6.01 Å². The number of piperazine rings is 1. The molecule has 0 radical (unpaired) electrons. The molecule has 9 nitrogen and oxygen atoms in total. The summed E-state index contributed by atoms with van der Waals surface area (Å²) < 4.78 is 25.7. The third-order valence-corrected chi connectivity index (χ3v) is 10.1. The zero-order chi connectivity index (χ0) is 30.9. The van der Waals surface area contributed by atoms with E-state index in [4.69, 9.17) is 31.0 Å². The van der Waals surface area contributed by atoms with E-state index in [0.29, 0.717) is 44.8 Å². The number of piperidine rings is 1. The number of hydrogen-bond donors (Lipinski definition) is 0. The molecule has 5 heterocycles. The zero-order valence-electron chi connectivity index (χ0n) is 25.6. The molecule has 0 spiro atoms. The van der Waals surface area contributed by atoms with Gasteiger partial charge < -0.3 is 24.2 Å². The van der Waals surface area contributed by atoms with E-state index < -0.39 is 11.7 Å². The summed E-state index contributed by atoms with van der Waals surface area (Å²) in [5.41, 5.74) is 3.14. The van der Waals surface area contributed by atoms with Gasteiger partial charge >= 0.3 is 6.01 Å². The number of rotatable bonds is 6. The van der Waals surface area contributed by atoms with E-state index in [9.17, 15) is 9.18 Å². The van der Waals surface area contributed by atoms with Gasteiger partial charge in [-0.15, -0.1) is 0 Å². The van der Waals surface area contributed by atoms with Crippen molar-refractivity contribution in [1.29, 1.82) is 0 Å². The first-order valence-corrected chi connectivity index (χ1v) is 16.5. The fraction of sp³-hybridized carbons (Fsp3) is 0.500. The summed E-state index contributed by atoms with van der Waals surface area (Å²) in [4.78, 5) is 30.9. The number of anilines is 2. The first kappa shape index (κ1) is 30.2. The molecule has 3 aromatic rings. The molecule has 3 fully saturated rings. The number of benzene rings is 2. The Bertz CT molecular complexity index is 1560. The SMILES string of the molecule is C=C(F)C(=O)N1CCN(c2nc(OC3CCN(C4CCOCC4)CC3)nc3c2CCN(c2cccc4cccc(Cl)c24)C3)CC1. The maximum Gasteiger partial charge on any atom is 0.318 e. The molecule has 1 aromatic heterocycles. The number of carbonyl (C=O) groups is 1. The molecule has 7 rings (SSSR count). The summed E-state index contributed by atoms with van der Waals surface area (Å²) in [5, 5.41) is 2.88. The van der Waals surface area contributed by atoms with Crippen LogP contribution in [0.3, 0.4) is 0 Å². The van der Waals surface area contributed by atoms with Crippen molar-refractivity contribution in [2.45, 2.75) is 50.8 Å². The smallest absolute Gasteiger partial charge is 0.318 e. The van der Waals surface area contributed by atoms with Crippen molar-refractivity contribution < 1.29 is 18.7 Å². The van der Waals surface area contributed by atoms with Crippen LogP contribution in [0.4, 0.5) is 15.9 Å². The normalized spacial score (nSPS) is 20.4. The van der Waals surface area contributed by atoms with Crippen molar-refractivity contribution in [3.8, 4) is 6.01 Å². The summed E-state index contributed by atoms with van der Waals surface area (Å²) in [5.74, 6) is -0.702. The van der Waals surface area contributed by atoms with Crippen molar-refractivity contribution in [3.63, 3.8) is 0 Å². The number of amides is 1. The van der Waals surface area contributed by atoms with Gasteiger partial charge in [0, 0.05) is 81.7 Å². The largest absolute Gasteiger partial charge is 0.460 e. The molecule has 238 valence electrons. The van der Waals surface area contributed by atoms with E-state index in [0.717, 1.165) is 104 Å². The quantitative estimate of drug-likeness (QED) is 0.351. The highest BCUT2D eigenvalue weighted by atomic mass is 35.5. The van der Waals surface area contributed by atoms with Gasteiger partial charge in [-0.1, -0.05) is 42.4 Å². The molecule has 1 amide bonds. The van der Waals surface area contributed by atoms with E-state index in [1.165, 1.54) is 4.90 Å². The molecular weight excluding hydrogens is 595 g/mol. The molecule has 0 saturated carbocycles. The fourth-order valence-corrected chi connectivity index (χ4v) is 7.58. The zero-order valence-corrected chi connectivity index (χ0v) is 26.4. The Morgan fingerprint density at radius 2 is 1.67 bits per heavy atom. The summed E-state index contributed by atoms with van der Waals surface area (Å²) in [7, 11) is 0. The van der Waals surface area contributed by atoms with E-state index in [1.54, 1.807) is 0 Å². The van der Waals surface area contributed by atoms with Crippen molar-refractivity contribution in [3.05, 3.63) is 65.1 Å². The summed E-state index contributed by atoms with van der Waals surface area (Å²) in [6.07, 6.45) is 4.87. The lowest BCUT2D eigenvalue weighted by Crippen LogP contribution is -2.49. The minimum atomic E-state index is -0.921. The Labute approximate surface area is 268 Å². The molecule has 11 heteroatoms. The van der Waals surface area contributed by atoms with Crippen LogP contribution in [0.2, 0.25) is 5.02 Å². The number of likely N-dealkylation sites (tertiary alicyclic amines) is 1. The molecule has 0 bridgehead atoms. The third-order valence-electron chi connectivity index (χ3n) is 9.75. The summed E-state index contributed by atoms with van der Waals surface area (Å²) >= 11 is 6.71. The van der Waals surface area contributed by atoms with Crippen LogP contribution in [0.1, 0.15) is 36.9 Å². The predicted molar refractivity (Wildman–Crippen MR) is 174 cm³/mol. The number of ether oxygens (including phenoxy) is 2. The molecule has 0 N–H and O–H groups in total. The van der Waals surface area contributed by atoms with Gasteiger partial charge in [0.15, 0.2) is 5.83 Å². The minimum Gasteiger partial charge on any atom is -0.460 e. The number of aromatic nitrogens is 2. The maximum atomic E-state index is 13.6. The molecule has 4 aliphatic heterocycles. The van der Waals surface area contributed by atoms with Crippen molar-refractivity contribution in [1.82, 2.24) is 19.8 Å². The van der Waals surface area contributed by atoms with Gasteiger partial charge in [-0.25, -0.2) is 4.39 Å². The van der Waals surface area contributed by atoms with Crippen LogP contribution in [0.15, 0.2) is 48.8 Å². The van der Waals surface area contributed by atoms with Gasteiger partial charge in [0.1, 0.15) is 11.9 Å². The van der Waals surface area contributed by atoms with Crippen molar-refractivity contribution in [2.24, 2.45) is 0 Å². The number of nitrogens with zero attached hydrogens (tertiary/aromatic N) is 6. The van der Waals surface area contributed by atoms with Crippen LogP contribution < -0.4 is 14.5 Å². The van der Waals surface area contributed by atoms with E-state index in [1.807, 2.05) is 12.1 Å². The van der Waals surface area contributed by atoms with Gasteiger partial charge in [-0.3, -0.25) is 9.69 Å². The highest BCUT2D eigenvalue weighted by Gasteiger charge is 2.32. The van der Waals surface area contributed by atoms with Crippen LogP contribution in [0.25, 0.3) is 10.8 Å². The minimum absolute atomic E-state index is 0.0496. The Hall–Kier alpha value is -3.47. The lowest BCUT2D eigenvalue weighted by molar-refractivity contribution is -0.128. The fourth-order valence-electron chi connectivity index (χ4n) is 7.30. The number of halogens is 2. The lowest BCUT2D eigenvalue weighted by Gasteiger charge is -2.39. The van der Waals surface area contributed by atoms with Crippen LogP contribution in [-0.4, -0.2) is 96.8 Å². The first-order valence-electron chi connectivity index (χ1n) is 16.1. The average molecular weight is 635 g/mol. The predicted octanol–water partition coefficient (Wildman–Crippen LogP) is 5.00. The van der Waals surface area contributed by atoms with Gasteiger partial charge in [-0.05, 0) is 49.6 Å². The van der Waals surface area contributed by atoms with E-state index in [-0.39, 0.29) is 6.10 Å². The molecule has 3 saturated heterocycles. The number of hydrogen-bond acceptors (Lipinski definition) is 8. The topological polar surface area (TPSA) is 74.3 Å². The van der Waals surface area contributed by atoms with Crippen molar-refractivity contribution in [2.75, 3.05) is 68.8 Å². The van der Waals surface area contributed by atoms with Gasteiger partial charge in [-0.2, -0.15) is 9.97 Å². The van der Waals surface area contributed by atoms with Crippen LogP contribution in [0, 0.1) is 0 Å². The van der Waals surface area contributed by atoms with Crippen molar-refractivity contribution >= 4 is 39.8 Å². The van der Waals surface area contributed by atoms with Crippen LogP contribution in [-0.2, 0) is 22.5 Å². The highest BCUT2D eigenvalue weighted by Crippen LogP contribution is 2.37. The second-order valence-corrected chi connectivity index (χ2v) is 12.8. The first-order chi connectivity index (χ1) is 21.9. The maximum absolute atomic E-state index is 13.6. The summed E-state index contributed by atoms with van der Waals surface area (Å²) in [6.45, 7) is 10.2. The molecule has 0 unspecified atom stereocenters. The summed E-state index contributed by atoms with van der Waals surface area (Å²) in [6, 6.07) is 13.3. The van der Waals surface area contributed by atoms with E-state index in [2.05, 4.69) is 45.5 Å². The number of fused-ring (bicyclic) bond motifs is 2. The lowest BCUT2D eigenvalue weighted by atomic mass is 10.0. The molecule has 45 heavy (non-hydrogen) atoms. The Morgan fingerprint density at radius 3 is 2.40 bits per heavy atom.